The minimum absolute atomic E-state index is 0.0373. The monoisotopic (exact) mass is 237 g/mol. The van der Waals surface area contributed by atoms with Gasteiger partial charge in [-0.2, -0.15) is 5.10 Å². The van der Waals surface area contributed by atoms with E-state index in [0.717, 1.165) is 39.1 Å². The minimum atomic E-state index is 0.0373. The van der Waals surface area contributed by atoms with Crippen LogP contribution in [0.1, 0.15) is 38.8 Å². The molecule has 2 heterocycles. The maximum Gasteiger partial charge on any atom is 0.0779 e. The van der Waals surface area contributed by atoms with Gasteiger partial charge in [0.1, 0.15) is 0 Å². The van der Waals surface area contributed by atoms with Crippen molar-refractivity contribution in [2.45, 2.75) is 51.8 Å². The molecule has 2 rings (SSSR count). The summed E-state index contributed by atoms with van der Waals surface area (Å²) in [7, 11) is 0. The first-order chi connectivity index (χ1) is 8.23. The fraction of sp³-hybridized carbons (Fsp3) is 0.769. The molecule has 0 spiro atoms. The Labute approximate surface area is 103 Å². The Balaban J connectivity index is 1.79. The third kappa shape index (κ3) is 3.30. The summed E-state index contributed by atoms with van der Waals surface area (Å²) in [6.45, 7) is 8.07. The van der Waals surface area contributed by atoms with Crippen molar-refractivity contribution in [1.29, 1.82) is 0 Å². The molecule has 1 aliphatic heterocycles. The van der Waals surface area contributed by atoms with Gasteiger partial charge in [-0.15, -0.1) is 0 Å². The number of ether oxygens (including phenoxy) is 1. The van der Waals surface area contributed by atoms with Gasteiger partial charge in [0.25, 0.3) is 0 Å². The number of aryl methyl sites for hydroxylation is 1. The van der Waals surface area contributed by atoms with E-state index in [0.29, 0.717) is 0 Å². The van der Waals surface area contributed by atoms with Crippen molar-refractivity contribution in [1.82, 2.24) is 15.1 Å². The number of hydrogen-bond donors (Lipinski definition) is 1. The van der Waals surface area contributed by atoms with E-state index in [9.17, 15) is 0 Å². The van der Waals surface area contributed by atoms with Crippen LogP contribution in [-0.4, -0.2) is 28.5 Å². The van der Waals surface area contributed by atoms with Gasteiger partial charge in [0.15, 0.2) is 0 Å². The lowest BCUT2D eigenvalue weighted by Gasteiger charge is -2.23. The van der Waals surface area contributed by atoms with Gasteiger partial charge in [0.2, 0.25) is 0 Å². The van der Waals surface area contributed by atoms with Crippen molar-refractivity contribution in [2.75, 3.05) is 13.2 Å². The number of nitrogens with one attached hydrogen (secondary N) is 1. The fourth-order valence-corrected chi connectivity index (χ4v) is 2.35. The minimum Gasteiger partial charge on any atom is -0.374 e. The molecular formula is C13H23N3O. The zero-order chi connectivity index (χ0) is 12.1. The zero-order valence-corrected chi connectivity index (χ0v) is 10.9. The van der Waals surface area contributed by atoms with Gasteiger partial charge >= 0.3 is 0 Å². The molecule has 0 aliphatic carbocycles. The van der Waals surface area contributed by atoms with Crippen molar-refractivity contribution in [3.05, 3.63) is 18.0 Å². The van der Waals surface area contributed by atoms with Crippen LogP contribution >= 0.6 is 0 Å². The Hall–Kier alpha value is -0.870. The quantitative estimate of drug-likeness (QED) is 0.822. The van der Waals surface area contributed by atoms with E-state index in [1.807, 2.05) is 6.20 Å². The topological polar surface area (TPSA) is 39.1 Å². The normalized spacial score (nSPS) is 24.4. The van der Waals surface area contributed by atoms with Gasteiger partial charge in [-0.1, -0.05) is 6.92 Å². The van der Waals surface area contributed by atoms with Crippen LogP contribution in [0.3, 0.4) is 0 Å². The third-order valence-corrected chi connectivity index (χ3v) is 3.35. The Bertz CT molecular complexity index is 342. The molecule has 1 aliphatic rings. The third-order valence-electron chi connectivity index (χ3n) is 3.35. The highest BCUT2D eigenvalue weighted by Crippen LogP contribution is 2.23. The Morgan fingerprint density at radius 2 is 2.47 bits per heavy atom. The molecule has 1 N–H and O–H groups in total. The number of nitrogens with zero attached hydrogens (tertiary/aromatic N) is 2. The largest absolute Gasteiger partial charge is 0.374 e. The average molecular weight is 237 g/mol. The second-order valence-corrected chi connectivity index (χ2v) is 5.05. The molecule has 96 valence electrons. The molecule has 0 amide bonds. The number of aromatic nitrogens is 2. The molecule has 0 bridgehead atoms. The van der Waals surface area contributed by atoms with Crippen LogP contribution in [0.15, 0.2) is 12.3 Å². The molecule has 0 radical (unpaired) electrons. The van der Waals surface area contributed by atoms with E-state index in [1.54, 1.807) is 0 Å². The molecule has 1 unspecified atom stereocenters. The first-order valence-electron chi connectivity index (χ1n) is 6.59. The van der Waals surface area contributed by atoms with Crippen LogP contribution in [0.2, 0.25) is 0 Å². The van der Waals surface area contributed by atoms with Crippen molar-refractivity contribution < 1.29 is 4.74 Å². The molecule has 0 aromatic carbocycles. The predicted molar refractivity (Wildman–Crippen MR) is 67.8 cm³/mol. The number of hydrogen-bond acceptors (Lipinski definition) is 3. The summed E-state index contributed by atoms with van der Waals surface area (Å²) in [5.74, 6) is 0. The van der Waals surface area contributed by atoms with E-state index >= 15 is 0 Å². The van der Waals surface area contributed by atoms with Crippen LogP contribution < -0.4 is 5.32 Å². The molecular weight excluding hydrogens is 214 g/mol. The molecule has 1 atom stereocenters. The Morgan fingerprint density at radius 3 is 3.18 bits per heavy atom. The summed E-state index contributed by atoms with van der Waals surface area (Å²) >= 11 is 0. The summed E-state index contributed by atoms with van der Waals surface area (Å²) in [5, 5.41) is 7.80. The second-order valence-electron chi connectivity index (χ2n) is 5.05. The van der Waals surface area contributed by atoms with Gasteiger partial charge in [-0.05, 0) is 32.3 Å². The lowest BCUT2D eigenvalue weighted by molar-refractivity contribution is 0.0205. The molecule has 1 fully saturated rings. The molecule has 4 heteroatoms. The smallest absolute Gasteiger partial charge is 0.0779 e. The first kappa shape index (κ1) is 12.6. The molecule has 1 aromatic rings. The van der Waals surface area contributed by atoms with E-state index in [4.69, 9.17) is 4.74 Å². The Kier molecular flexibility index (Phi) is 4.18. The molecule has 4 nitrogen and oxygen atoms in total. The standard InChI is InChI=1S/C13H23N3O/c1-3-8-16-12(5-7-15-16)10-14-11-13(2)6-4-9-17-13/h5,7,14H,3-4,6,8-11H2,1-2H3. The fourth-order valence-electron chi connectivity index (χ4n) is 2.35. The van der Waals surface area contributed by atoms with Crippen LogP contribution in [-0.2, 0) is 17.8 Å². The van der Waals surface area contributed by atoms with Crippen molar-refractivity contribution >= 4 is 0 Å². The van der Waals surface area contributed by atoms with E-state index in [1.165, 1.54) is 12.1 Å². The predicted octanol–water partition coefficient (Wildman–Crippen LogP) is 1.95. The number of rotatable bonds is 6. The van der Waals surface area contributed by atoms with Crippen LogP contribution in [0.5, 0.6) is 0 Å². The van der Waals surface area contributed by atoms with Gasteiger partial charge in [-0.25, -0.2) is 0 Å². The van der Waals surface area contributed by atoms with Gasteiger partial charge in [-0.3, -0.25) is 4.68 Å². The summed E-state index contributed by atoms with van der Waals surface area (Å²) in [4.78, 5) is 0. The van der Waals surface area contributed by atoms with E-state index < -0.39 is 0 Å². The van der Waals surface area contributed by atoms with Crippen LogP contribution in [0.25, 0.3) is 0 Å². The van der Waals surface area contributed by atoms with Gasteiger partial charge < -0.3 is 10.1 Å². The van der Waals surface area contributed by atoms with Crippen molar-refractivity contribution in [3.63, 3.8) is 0 Å². The maximum absolute atomic E-state index is 5.75. The highest BCUT2D eigenvalue weighted by atomic mass is 16.5. The highest BCUT2D eigenvalue weighted by molar-refractivity contribution is 5.00. The molecule has 0 saturated carbocycles. The summed E-state index contributed by atoms with van der Waals surface area (Å²) in [6, 6.07) is 2.08. The average Bonchev–Trinajstić information content (AvgIpc) is 2.90. The maximum atomic E-state index is 5.75. The van der Waals surface area contributed by atoms with Gasteiger partial charge in [0, 0.05) is 32.4 Å². The first-order valence-corrected chi connectivity index (χ1v) is 6.59. The van der Waals surface area contributed by atoms with E-state index in [2.05, 4.69) is 35.0 Å². The summed E-state index contributed by atoms with van der Waals surface area (Å²) in [6.07, 6.45) is 5.34. The van der Waals surface area contributed by atoms with Crippen molar-refractivity contribution in [3.8, 4) is 0 Å². The lowest BCUT2D eigenvalue weighted by Crippen LogP contribution is -2.37. The molecule has 1 aromatic heterocycles. The van der Waals surface area contributed by atoms with Crippen molar-refractivity contribution in [2.24, 2.45) is 0 Å². The zero-order valence-electron chi connectivity index (χ0n) is 10.9. The highest BCUT2D eigenvalue weighted by Gasteiger charge is 2.28. The van der Waals surface area contributed by atoms with Crippen LogP contribution in [0.4, 0.5) is 0 Å². The molecule has 17 heavy (non-hydrogen) atoms. The Morgan fingerprint density at radius 1 is 1.59 bits per heavy atom. The lowest BCUT2D eigenvalue weighted by atomic mass is 10.0. The second kappa shape index (κ2) is 5.65. The van der Waals surface area contributed by atoms with E-state index in [-0.39, 0.29) is 5.60 Å². The SMILES string of the molecule is CCCn1nccc1CNCC1(C)CCCO1. The van der Waals surface area contributed by atoms with Crippen LogP contribution in [0, 0.1) is 0 Å². The molecule has 1 saturated heterocycles. The van der Waals surface area contributed by atoms with Gasteiger partial charge in [0.05, 0.1) is 11.3 Å². The summed E-state index contributed by atoms with van der Waals surface area (Å²) in [5.41, 5.74) is 1.30. The summed E-state index contributed by atoms with van der Waals surface area (Å²) < 4.78 is 7.83.